The Hall–Kier alpha value is -1.17. The van der Waals surface area contributed by atoms with Crippen molar-refractivity contribution in [1.29, 1.82) is 0 Å². The van der Waals surface area contributed by atoms with Crippen LogP contribution in [0.3, 0.4) is 0 Å². The summed E-state index contributed by atoms with van der Waals surface area (Å²) >= 11 is 3.39. The van der Waals surface area contributed by atoms with Crippen molar-refractivity contribution in [2.24, 2.45) is 0 Å². The van der Waals surface area contributed by atoms with Crippen LogP contribution in [0.2, 0.25) is 0 Å². The molecular weight excluding hydrogens is 308 g/mol. The molecule has 0 aliphatic heterocycles. The third-order valence-electron chi connectivity index (χ3n) is 2.50. The van der Waals surface area contributed by atoms with Crippen molar-refractivity contribution in [2.75, 3.05) is 25.0 Å². The number of anilines is 1. The number of nitrogens with one attached hydrogen (secondary N) is 1. The van der Waals surface area contributed by atoms with E-state index in [0.29, 0.717) is 6.54 Å². The number of carbonyl (C=O) groups is 1. The van der Waals surface area contributed by atoms with Crippen molar-refractivity contribution in [3.05, 3.63) is 16.5 Å². The zero-order chi connectivity index (χ0) is 14.6. The van der Waals surface area contributed by atoms with E-state index in [1.165, 1.54) is 0 Å². The average Bonchev–Trinajstić information content (AvgIpc) is 2.27. The normalized spacial score (nSPS) is 11.3. The number of carbonyl (C=O) groups excluding carboxylic acids is 1. The molecule has 0 aliphatic rings. The lowest BCUT2D eigenvalue weighted by Gasteiger charge is -2.22. The standard InChI is InChI=1S/C13H21BrN4O/c1-6-15-11(19)8-18(5)10-7-9(14)16-12(17-10)13(2,3)4/h7H,6,8H2,1-5H3,(H,15,19). The molecule has 6 heteroatoms. The number of halogens is 1. The predicted octanol–water partition coefficient (Wildman–Crippen LogP) is 2.11. The summed E-state index contributed by atoms with van der Waals surface area (Å²) in [4.78, 5) is 22.3. The van der Waals surface area contributed by atoms with Crippen LogP contribution in [0, 0.1) is 0 Å². The fourth-order valence-corrected chi connectivity index (χ4v) is 1.86. The van der Waals surface area contributed by atoms with Gasteiger partial charge in [-0.15, -0.1) is 0 Å². The van der Waals surface area contributed by atoms with Gasteiger partial charge in [0.15, 0.2) is 0 Å². The molecule has 1 aromatic heterocycles. The summed E-state index contributed by atoms with van der Waals surface area (Å²) in [5, 5.41) is 2.77. The molecular formula is C13H21BrN4O. The molecule has 106 valence electrons. The summed E-state index contributed by atoms with van der Waals surface area (Å²) in [7, 11) is 1.84. The summed E-state index contributed by atoms with van der Waals surface area (Å²) in [5.74, 6) is 1.47. The molecule has 1 aromatic rings. The molecule has 5 nitrogen and oxygen atoms in total. The molecule has 1 amide bonds. The second-order valence-corrected chi connectivity index (χ2v) is 6.24. The summed E-state index contributed by atoms with van der Waals surface area (Å²) in [6.07, 6.45) is 0. The maximum atomic E-state index is 11.6. The number of hydrogen-bond donors (Lipinski definition) is 1. The molecule has 0 aliphatic carbocycles. The van der Waals surface area contributed by atoms with Gasteiger partial charge in [0.05, 0.1) is 6.54 Å². The molecule has 1 rings (SSSR count). The van der Waals surface area contributed by atoms with Crippen LogP contribution in [-0.2, 0) is 10.2 Å². The van der Waals surface area contributed by atoms with Crippen LogP contribution in [0.4, 0.5) is 5.82 Å². The van der Waals surface area contributed by atoms with Crippen LogP contribution in [0.15, 0.2) is 10.7 Å². The second-order valence-electron chi connectivity index (χ2n) is 5.43. The Labute approximate surface area is 122 Å². The van der Waals surface area contributed by atoms with Crippen molar-refractivity contribution in [3.63, 3.8) is 0 Å². The van der Waals surface area contributed by atoms with Gasteiger partial charge in [0.1, 0.15) is 16.2 Å². The first-order valence-electron chi connectivity index (χ1n) is 6.27. The number of rotatable bonds is 4. The van der Waals surface area contributed by atoms with Gasteiger partial charge in [0.2, 0.25) is 5.91 Å². The van der Waals surface area contributed by atoms with E-state index in [2.05, 4.69) is 52.0 Å². The minimum absolute atomic E-state index is 0.0166. The topological polar surface area (TPSA) is 58.1 Å². The van der Waals surface area contributed by atoms with Crippen LogP contribution in [0.25, 0.3) is 0 Å². The first-order chi connectivity index (χ1) is 8.74. The molecule has 0 fully saturated rings. The van der Waals surface area contributed by atoms with Crippen LogP contribution in [0.1, 0.15) is 33.5 Å². The van der Waals surface area contributed by atoms with Gasteiger partial charge in [-0.1, -0.05) is 20.8 Å². The minimum atomic E-state index is -0.134. The Morgan fingerprint density at radius 1 is 1.42 bits per heavy atom. The second kappa shape index (κ2) is 6.32. The zero-order valence-corrected chi connectivity index (χ0v) is 13.7. The van der Waals surface area contributed by atoms with Crippen molar-refractivity contribution in [3.8, 4) is 0 Å². The van der Waals surface area contributed by atoms with Gasteiger partial charge in [-0.05, 0) is 22.9 Å². The molecule has 1 N–H and O–H groups in total. The first kappa shape index (κ1) is 15.9. The third kappa shape index (κ3) is 4.78. The predicted molar refractivity (Wildman–Crippen MR) is 80.4 cm³/mol. The van der Waals surface area contributed by atoms with Crippen LogP contribution in [-0.4, -0.2) is 36.0 Å². The fraction of sp³-hybridized carbons (Fsp3) is 0.615. The van der Waals surface area contributed by atoms with E-state index in [1.807, 2.05) is 24.9 Å². The molecule has 1 heterocycles. The number of amides is 1. The lowest BCUT2D eigenvalue weighted by atomic mass is 9.96. The van der Waals surface area contributed by atoms with Gasteiger partial charge in [0.25, 0.3) is 0 Å². The average molecular weight is 329 g/mol. The lowest BCUT2D eigenvalue weighted by Crippen LogP contribution is -2.35. The van der Waals surface area contributed by atoms with Gasteiger partial charge in [-0.25, -0.2) is 9.97 Å². The zero-order valence-electron chi connectivity index (χ0n) is 12.1. The number of aromatic nitrogens is 2. The summed E-state index contributed by atoms with van der Waals surface area (Å²) < 4.78 is 0.727. The van der Waals surface area contributed by atoms with E-state index in [9.17, 15) is 4.79 Å². The first-order valence-corrected chi connectivity index (χ1v) is 7.06. The van der Waals surface area contributed by atoms with Crippen LogP contribution in [0.5, 0.6) is 0 Å². The van der Waals surface area contributed by atoms with E-state index in [4.69, 9.17) is 0 Å². The molecule has 0 saturated carbocycles. The van der Waals surface area contributed by atoms with Gasteiger partial charge in [-0.3, -0.25) is 4.79 Å². The van der Waals surface area contributed by atoms with Crippen molar-refractivity contribution < 1.29 is 4.79 Å². The van der Waals surface area contributed by atoms with Crippen molar-refractivity contribution >= 4 is 27.7 Å². The molecule has 0 bridgehead atoms. The SMILES string of the molecule is CCNC(=O)CN(C)c1cc(Br)nc(C(C)(C)C)n1. The summed E-state index contributed by atoms with van der Waals surface area (Å²) in [5.41, 5.74) is -0.134. The summed E-state index contributed by atoms with van der Waals surface area (Å²) in [6, 6.07) is 1.81. The van der Waals surface area contributed by atoms with E-state index in [-0.39, 0.29) is 17.9 Å². The largest absolute Gasteiger partial charge is 0.355 e. The molecule has 0 spiro atoms. The molecule has 0 atom stereocenters. The molecule has 0 aromatic carbocycles. The lowest BCUT2D eigenvalue weighted by molar-refractivity contribution is -0.119. The minimum Gasteiger partial charge on any atom is -0.355 e. The van der Waals surface area contributed by atoms with Crippen LogP contribution < -0.4 is 10.2 Å². The Morgan fingerprint density at radius 3 is 2.58 bits per heavy atom. The van der Waals surface area contributed by atoms with E-state index >= 15 is 0 Å². The van der Waals surface area contributed by atoms with E-state index in [1.54, 1.807) is 0 Å². The number of likely N-dealkylation sites (N-methyl/N-ethyl adjacent to an activating group) is 2. The molecule has 19 heavy (non-hydrogen) atoms. The van der Waals surface area contributed by atoms with Crippen molar-refractivity contribution in [2.45, 2.75) is 33.1 Å². The molecule has 0 unspecified atom stereocenters. The maximum absolute atomic E-state index is 11.6. The van der Waals surface area contributed by atoms with E-state index < -0.39 is 0 Å². The highest BCUT2D eigenvalue weighted by atomic mass is 79.9. The number of hydrogen-bond acceptors (Lipinski definition) is 4. The van der Waals surface area contributed by atoms with Gasteiger partial charge < -0.3 is 10.2 Å². The van der Waals surface area contributed by atoms with Crippen LogP contribution >= 0.6 is 15.9 Å². The highest BCUT2D eigenvalue weighted by Crippen LogP contribution is 2.23. The molecule has 0 radical (unpaired) electrons. The number of nitrogens with zero attached hydrogens (tertiary/aromatic N) is 3. The van der Waals surface area contributed by atoms with Gasteiger partial charge >= 0.3 is 0 Å². The van der Waals surface area contributed by atoms with Gasteiger partial charge in [0, 0.05) is 25.1 Å². The maximum Gasteiger partial charge on any atom is 0.239 e. The smallest absolute Gasteiger partial charge is 0.239 e. The quantitative estimate of drug-likeness (QED) is 0.860. The monoisotopic (exact) mass is 328 g/mol. The summed E-state index contributed by atoms with van der Waals surface area (Å²) in [6.45, 7) is 8.98. The van der Waals surface area contributed by atoms with Crippen molar-refractivity contribution in [1.82, 2.24) is 15.3 Å². The Balaban J connectivity index is 2.94. The Morgan fingerprint density at radius 2 is 2.05 bits per heavy atom. The highest BCUT2D eigenvalue weighted by molar-refractivity contribution is 9.10. The Bertz CT molecular complexity index is 456. The fourth-order valence-electron chi connectivity index (χ4n) is 1.49. The van der Waals surface area contributed by atoms with E-state index in [0.717, 1.165) is 16.2 Å². The van der Waals surface area contributed by atoms with Gasteiger partial charge in [-0.2, -0.15) is 0 Å². The molecule has 0 saturated heterocycles. The third-order valence-corrected chi connectivity index (χ3v) is 2.90. The highest BCUT2D eigenvalue weighted by Gasteiger charge is 2.20. The Kier molecular flexibility index (Phi) is 5.29.